The van der Waals surface area contributed by atoms with Crippen LogP contribution in [0.15, 0.2) is 0 Å². The second kappa shape index (κ2) is 3.37. The van der Waals surface area contributed by atoms with E-state index in [9.17, 15) is 4.79 Å². The predicted molar refractivity (Wildman–Crippen MR) is 47.6 cm³/mol. The van der Waals surface area contributed by atoms with E-state index in [4.69, 9.17) is 5.26 Å². The molecule has 1 heterocycles. The molecule has 0 bridgehead atoms. The summed E-state index contributed by atoms with van der Waals surface area (Å²) in [6.45, 7) is 1.46. The van der Waals surface area contributed by atoms with Crippen molar-refractivity contribution in [2.75, 3.05) is 13.1 Å². The van der Waals surface area contributed by atoms with Gasteiger partial charge in [-0.25, -0.2) is 0 Å². The van der Waals surface area contributed by atoms with E-state index in [-0.39, 0.29) is 11.8 Å². The Morgan fingerprint density at radius 2 is 2.23 bits per heavy atom. The van der Waals surface area contributed by atoms with Crippen molar-refractivity contribution in [1.82, 2.24) is 4.90 Å². The molecule has 2 aliphatic rings. The third kappa shape index (κ3) is 2.00. The minimum Gasteiger partial charge on any atom is -0.341 e. The molecule has 1 aliphatic carbocycles. The largest absolute Gasteiger partial charge is 0.341 e. The highest BCUT2D eigenvalue weighted by Gasteiger charge is 2.30. The van der Waals surface area contributed by atoms with Crippen LogP contribution in [0.25, 0.3) is 0 Å². The lowest BCUT2D eigenvalue weighted by molar-refractivity contribution is -0.130. The molecule has 70 valence electrons. The Hall–Kier alpha value is -1.04. The molecule has 2 fully saturated rings. The highest BCUT2D eigenvalue weighted by Crippen LogP contribution is 2.33. The van der Waals surface area contributed by atoms with E-state index in [1.165, 1.54) is 12.8 Å². The Morgan fingerprint density at radius 1 is 1.46 bits per heavy atom. The molecule has 0 aromatic heterocycles. The third-order valence-electron chi connectivity index (χ3n) is 2.88. The van der Waals surface area contributed by atoms with Crippen LogP contribution in [0, 0.1) is 23.2 Å². The van der Waals surface area contributed by atoms with Crippen LogP contribution in [0.5, 0.6) is 0 Å². The molecular weight excluding hydrogens is 164 g/mol. The fourth-order valence-electron chi connectivity index (χ4n) is 1.79. The van der Waals surface area contributed by atoms with Gasteiger partial charge in [-0.1, -0.05) is 0 Å². The van der Waals surface area contributed by atoms with E-state index >= 15 is 0 Å². The maximum Gasteiger partial charge on any atom is 0.222 e. The molecular formula is C10H14N2O. The van der Waals surface area contributed by atoms with Gasteiger partial charge in [-0.2, -0.15) is 5.26 Å². The fraction of sp³-hybridized carbons (Fsp3) is 0.800. The minimum atomic E-state index is 0.0863. The maximum absolute atomic E-state index is 11.6. The first-order valence-corrected chi connectivity index (χ1v) is 4.97. The van der Waals surface area contributed by atoms with E-state index in [1.54, 1.807) is 0 Å². The molecule has 1 aliphatic heterocycles. The number of nitriles is 1. The molecule has 0 aromatic carbocycles. The molecule has 1 saturated carbocycles. The lowest BCUT2D eigenvalue weighted by atomic mass is 10.1. The van der Waals surface area contributed by atoms with Crippen molar-refractivity contribution >= 4 is 5.91 Å². The summed E-state index contributed by atoms with van der Waals surface area (Å²) in [5.74, 6) is 1.01. The molecule has 2 rings (SSSR count). The predicted octanol–water partition coefficient (Wildman–Crippen LogP) is 1.16. The van der Waals surface area contributed by atoms with Crippen molar-refractivity contribution in [2.24, 2.45) is 11.8 Å². The number of rotatable bonds is 2. The summed E-state index contributed by atoms with van der Waals surface area (Å²) in [4.78, 5) is 13.4. The molecule has 0 radical (unpaired) electrons. The highest BCUT2D eigenvalue weighted by molar-refractivity contribution is 5.77. The minimum absolute atomic E-state index is 0.0863. The first-order chi connectivity index (χ1) is 6.29. The van der Waals surface area contributed by atoms with Gasteiger partial charge in [-0.05, 0) is 25.2 Å². The zero-order chi connectivity index (χ0) is 9.26. The second-order valence-corrected chi connectivity index (χ2v) is 4.10. The standard InChI is InChI=1S/C10H14N2O/c11-6-9-3-4-12(7-9)10(13)5-8-1-2-8/h8-9H,1-5,7H2/t9-/m1/s1. The van der Waals surface area contributed by atoms with Gasteiger partial charge in [0.1, 0.15) is 0 Å². The molecule has 0 aromatic rings. The normalized spacial score (nSPS) is 27.3. The van der Waals surface area contributed by atoms with Crippen LogP contribution in [0.2, 0.25) is 0 Å². The van der Waals surface area contributed by atoms with E-state index < -0.39 is 0 Å². The van der Waals surface area contributed by atoms with Crippen molar-refractivity contribution < 1.29 is 4.79 Å². The topological polar surface area (TPSA) is 44.1 Å². The number of carbonyl (C=O) groups is 1. The van der Waals surface area contributed by atoms with E-state index in [0.717, 1.165) is 19.4 Å². The lowest BCUT2D eigenvalue weighted by Crippen LogP contribution is -2.28. The summed E-state index contributed by atoms with van der Waals surface area (Å²) >= 11 is 0. The Kier molecular flexibility index (Phi) is 2.22. The maximum atomic E-state index is 11.6. The summed E-state index contributed by atoms with van der Waals surface area (Å²) < 4.78 is 0. The van der Waals surface area contributed by atoms with Crippen molar-refractivity contribution in [3.05, 3.63) is 0 Å². The molecule has 1 atom stereocenters. The van der Waals surface area contributed by atoms with Crippen LogP contribution >= 0.6 is 0 Å². The van der Waals surface area contributed by atoms with Crippen molar-refractivity contribution in [2.45, 2.75) is 25.7 Å². The van der Waals surface area contributed by atoms with Gasteiger partial charge >= 0.3 is 0 Å². The van der Waals surface area contributed by atoms with Crippen LogP contribution in [0.4, 0.5) is 0 Å². The van der Waals surface area contributed by atoms with Crippen LogP contribution < -0.4 is 0 Å². The smallest absolute Gasteiger partial charge is 0.222 e. The third-order valence-corrected chi connectivity index (χ3v) is 2.88. The van der Waals surface area contributed by atoms with Gasteiger partial charge < -0.3 is 4.90 Å². The summed E-state index contributed by atoms with van der Waals surface area (Å²) in [6.07, 6.45) is 4.04. The fourth-order valence-corrected chi connectivity index (χ4v) is 1.79. The van der Waals surface area contributed by atoms with Crippen LogP contribution in [0.3, 0.4) is 0 Å². The van der Waals surface area contributed by atoms with Gasteiger partial charge in [0.2, 0.25) is 5.91 Å². The SMILES string of the molecule is N#C[C@H]1CCN(C(=O)CC2CC2)C1. The average molecular weight is 178 g/mol. The van der Waals surface area contributed by atoms with E-state index in [2.05, 4.69) is 6.07 Å². The number of carbonyl (C=O) groups excluding carboxylic acids is 1. The summed E-state index contributed by atoms with van der Waals surface area (Å²) in [5, 5.41) is 8.67. The Morgan fingerprint density at radius 3 is 2.77 bits per heavy atom. The van der Waals surface area contributed by atoms with Crippen molar-refractivity contribution in [3.63, 3.8) is 0 Å². The first kappa shape index (κ1) is 8.55. The van der Waals surface area contributed by atoms with E-state index in [1.807, 2.05) is 4.90 Å². The number of amides is 1. The van der Waals surface area contributed by atoms with Crippen molar-refractivity contribution in [1.29, 1.82) is 5.26 Å². The molecule has 0 unspecified atom stereocenters. The van der Waals surface area contributed by atoms with Crippen molar-refractivity contribution in [3.8, 4) is 6.07 Å². The van der Waals surface area contributed by atoms with Gasteiger partial charge in [-0.15, -0.1) is 0 Å². The quantitative estimate of drug-likeness (QED) is 0.636. The molecule has 1 saturated heterocycles. The second-order valence-electron chi connectivity index (χ2n) is 4.10. The van der Waals surface area contributed by atoms with Crippen LogP contribution in [-0.4, -0.2) is 23.9 Å². The Balaban J connectivity index is 1.81. The Labute approximate surface area is 78.3 Å². The summed E-state index contributed by atoms with van der Waals surface area (Å²) in [5.41, 5.74) is 0. The summed E-state index contributed by atoms with van der Waals surface area (Å²) in [7, 11) is 0. The van der Waals surface area contributed by atoms with E-state index in [0.29, 0.717) is 12.5 Å². The van der Waals surface area contributed by atoms with Gasteiger partial charge in [0.15, 0.2) is 0 Å². The molecule has 0 N–H and O–H groups in total. The number of nitrogens with zero attached hydrogens (tertiary/aromatic N) is 2. The highest BCUT2D eigenvalue weighted by atomic mass is 16.2. The number of likely N-dealkylation sites (tertiary alicyclic amines) is 1. The lowest BCUT2D eigenvalue weighted by Gasteiger charge is -2.14. The molecule has 13 heavy (non-hydrogen) atoms. The zero-order valence-corrected chi connectivity index (χ0v) is 7.70. The molecule has 0 spiro atoms. The monoisotopic (exact) mass is 178 g/mol. The average Bonchev–Trinajstić information content (AvgIpc) is 2.82. The van der Waals surface area contributed by atoms with Gasteiger partial charge in [0, 0.05) is 19.5 Å². The summed E-state index contributed by atoms with van der Waals surface area (Å²) in [6, 6.07) is 2.22. The van der Waals surface area contributed by atoms with Gasteiger partial charge in [-0.3, -0.25) is 4.79 Å². The van der Waals surface area contributed by atoms with Crippen LogP contribution in [-0.2, 0) is 4.79 Å². The van der Waals surface area contributed by atoms with Gasteiger partial charge in [0.25, 0.3) is 0 Å². The molecule has 3 heteroatoms. The molecule has 3 nitrogen and oxygen atoms in total. The van der Waals surface area contributed by atoms with Gasteiger partial charge in [0.05, 0.1) is 12.0 Å². The first-order valence-electron chi connectivity index (χ1n) is 4.97. The Bertz CT molecular complexity index is 252. The molecule has 1 amide bonds. The zero-order valence-electron chi connectivity index (χ0n) is 7.70. The number of hydrogen-bond donors (Lipinski definition) is 0. The number of hydrogen-bond acceptors (Lipinski definition) is 2. The van der Waals surface area contributed by atoms with Crippen LogP contribution in [0.1, 0.15) is 25.7 Å².